The minimum absolute atomic E-state index is 0.0409. The molecule has 0 aromatic heterocycles. The molecule has 0 radical (unpaired) electrons. The molecule has 0 unspecified atom stereocenters. The molecule has 4 aliphatic heterocycles. The van der Waals surface area contributed by atoms with Crippen molar-refractivity contribution in [1.29, 1.82) is 0 Å². The van der Waals surface area contributed by atoms with Crippen molar-refractivity contribution in [2.24, 2.45) is 21.7 Å². The van der Waals surface area contributed by atoms with E-state index in [1.807, 2.05) is 109 Å². The van der Waals surface area contributed by atoms with Gasteiger partial charge < -0.3 is 39.4 Å². The Morgan fingerprint density at radius 3 is 1.07 bits per heavy atom. The maximum absolute atomic E-state index is 14.8. The van der Waals surface area contributed by atoms with Gasteiger partial charge in [-0.05, 0) is 46.5 Å². The Morgan fingerprint density at radius 2 is 0.804 bits per heavy atom. The summed E-state index contributed by atoms with van der Waals surface area (Å²) in [6, 6.07) is 29.7. The van der Waals surface area contributed by atoms with Crippen molar-refractivity contribution < 1.29 is 49.0 Å². The summed E-state index contributed by atoms with van der Waals surface area (Å²) < 4.78 is 23.1. The molecule has 4 aromatic rings. The number of methoxy groups -OCH3 is 2. The molecule has 2 saturated carbocycles. The number of piperidine rings is 4. The summed E-state index contributed by atoms with van der Waals surface area (Å²) in [4.78, 5) is 32.9. The zero-order chi connectivity index (χ0) is 39.0. The Kier molecular flexibility index (Phi) is 8.62. The standard InChI is InChI=1S/C44H46N2O10/c1-53-31-17-13-29(14-18-31)33-41(23-47)35-43(25-49)34(30-15-19-32(54-2)20-16-30)44(26-50)36(45(35)39(51)55-21-27-9-5-3-6-10-27)42(33,24-48)38(44)46(37(41)43)40(52)56-22-28-11-7-4-8-12-28/h3-20,33-38,47-50H,21-26H2,1-2H3. The summed E-state index contributed by atoms with van der Waals surface area (Å²) >= 11 is 0. The van der Waals surface area contributed by atoms with Crippen LogP contribution in [0.15, 0.2) is 109 Å². The molecular formula is C44H46N2O10. The van der Waals surface area contributed by atoms with Gasteiger partial charge in [0.15, 0.2) is 0 Å². The van der Waals surface area contributed by atoms with Gasteiger partial charge in [0.25, 0.3) is 0 Å². The van der Waals surface area contributed by atoms with Gasteiger partial charge >= 0.3 is 12.2 Å². The van der Waals surface area contributed by atoms with E-state index in [1.54, 1.807) is 24.0 Å². The number of hydrogen-bond donors (Lipinski definition) is 4. The first-order valence-electron chi connectivity index (χ1n) is 19.0. The van der Waals surface area contributed by atoms with Crippen LogP contribution in [0.4, 0.5) is 9.59 Å². The molecule has 6 fully saturated rings. The smallest absolute Gasteiger partial charge is 0.410 e. The molecule has 4 heterocycles. The van der Waals surface area contributed by atoms with Crippen molar-refractivity contribution in [1.82, 2.24) is 9.80 Å². The highest BCUT2D eigenvalue weighted by atomic mass is 16.6. The molecule has 0 spiro atoms. The van der Waals surface area contributed by atoms with E-state index in [0.717, 1.165) is 22.3 Å². The molecule has 12 heteroatoms. The highest BCUT2D eigenvalue weighted by Gasteiger charge is 3.01. The van der Waals surface area contributed by atoms with Crippen molar-refractivity contribution in [2.45, 2.75) is 49.2 Å². The van der Waals surface area contributed by atoms with Crippen LogP contribution in [-0.2, 0) is 22.7 Å². The average Bonchev–Trinajstić information content (AvgIpc) is 3.24. The van der Waals surface area contributed by atoms with E-state index >= 15 is 0 Å². The summed E-state index contributed by atoms with van der Waals surface area (Å²) in [6.45, 7) is -2.10. The summed E-state index contributed by atoms with van der Waals surface area (Å²) in [5, 5.41) is 48.1. The van der Waals surface area contributed by atoms with E-state index in [9.17, 15) is 30.0 Å². The molecule has 292 valence electrons. The predicted octanol–water partition coefficient (Wildman–Crippen LogP) is 4.31. The molecule has 4 saturated heterocycles. The third kappa shape index (κ3) is 4.33. The number of ether oxygens (including phenoxy) is 4. The van der Waals surface area contributed by atoms with E-state index in [2.05, 4.69) is 0 Å². The number of benzene rings is 4. The highest BCUT2D eigenvalue weighted by molar-refractivity contribution is 5.79. The van der Waals surface area contributed by atoms with Crippen LogP contribution >= 0.6 is 0 Å². The first kappa shape index (κ1) is 36.5. The van der Waals surface area contributed by atoms with Crippen molar-refractivity contribution in [3.05, 3.63) is 131 Å². The van der Waals surface area contributed by atoms with Crippen LogP contribution in [0.1, 0.15) is 34.1 Å². The van der Waals surface area contributed by atoms with E-state index in [0.29, 0.717) is 11.5 Å². The Morgan fingerprint density at radius 1 is 0.500 bits per heavy atom. The monoisotopic (exact) mass is 762 g/mol. The van der Waals surface area contributed by atoms with Gasteiger partial charge in [0.05, 0.1) is 64.8 Å². The molecule has 10 rings (SSSR count). The quantitative estimate of drug-likeness (QED) is 0.164. The number of aliphatic hydroxyl groups excluding tert-OH is 4. The number of amides is 2. The number of aliphatic hydroxyl groups is 4. The second-order valence-electron chi connectivity index (χ2n) is 16.0. The van der Waals surface area contributed by atoms with Crippen LogP contribution < -0.4 is 9.47 Å². The summed E-state index contributed by atoms with van der Waals surface area (Å²) in [7, 11) is 3.14. The van der Waals surface area contributed by atoms with E-state index < -0.39 is 96.3 Å². The first-order chi connectivity index (χ1) is 27.3. The largest absolute Gasteiger partial charge is 0.497 e. The summed E-state index contributed by atoms with van der Waals surface area (Å²) in [5.74, 6) is -0.0410. The molecule has 4 N–H and O–H groups in total. The molecule has 12 nitrogen and oxygen atoms in total. The van der Waals surface area contributed by atoms with Crippen molar-refractivity contribution in [3.63, 3.8) is 0 Å². The molecule has 2 aliphatic carbocycles. The van der Waals surface area contributed by atoms with Crippen LogP contribution in [0, 0.1) is 21.7 Å². The zero-order valence-corrected chi connectivity index (χ0v) is 31.2. The average molecular weight is 763 g/mol. The zero-order valence-electron chi connectivity index (χ0n) is 31.2. The van der Waals surface area contributed by atoms with Gasteiger partial charge in [-0.25, -0.2) is 9.59 Å². The van der Waals surface area contributed by atoms with Gasteiger partial charge in [0, 0.05) is 33.5 Å². The maximum Gasteiger partial charge on any atom is 0.410 e. The van der Waals surface area contributed by atoms with Gasteiger partial charge in [-0.3, -0.25) is 9.80 Å². The fraction of sp³-hybridized carbons (Fsp3) is 0.409. The molecule has 0 atom stereocenters. The molecule has 8 bridgehead atoms. The Labute approximate surface area is 324 Å². The maximum atomic E-state index is 14.8. The Hall–Kier alpha value is -5.14. The van der Waals surface area contributed by atoms with Gasteiger partial charge in [0.2, 0.25) is 0 Å². The van der Waals surface area contributed by atoms with Crippen LogP contribution in [0.5, 0.6) is 11.5 Å². The van der Waals surface area contributed by atoms with Crippen molar-refractivity contribution >= 4 is 12.2 Å². The lowest BCUT2D eigenvalue weighted by Gasteiger charge is -2.97. The van der Waals surface area contributed by atoms with Gasteiger partial charge in [-0.2, -0.15) is 0 Å². The highest BCUT2D eigenvalue weighted by Crippen LogP contribution is 2.91. The lowest BCUT2D eigenvalue weighted by Crippen LogP contribution is -3.08. The van der Waals surface area contributed by atoms with Crippen LogP contribution in [0.3, 0.4) is 0 Å². The van der Waals surface area contributed by atoms with E-state index in [-0.39, 0.29) is 13.2 Å². The Bertz CT molecular complexity index is 1880. The lowest BCUT2D eigenvalue weighted by molar-refractivity contribution is -0.475. The number of rotatable bonds is 12. The predicted molar refractivity (Wildman–Crippen MR) is 202 cm³/mol. The molecule has 6 aliphatic rings. The van der Waals surface area contributed by atoms with Crippen molar-refractivity contribution in [3.8, 4) is 11.5 Å². The lowest BCUT2D eigenvalue weighted by atomic mass is 9.16. The number of hydrogen-bond acceptors (Lipinski definition) is 10. The second kappa shape index (κ2) is 13.2. The second-order valence-corrected chi connectivity index (χ2v) is 16.0. The van der Waals surface area contributed by atoms with E-state index in [4.69, 9.17) is 18.9 Å². The number of carbonyl (C=O) groups excluding carboxylic acids is 2. The summed E-state index contributed by atoms with van der Waals surface area (Å²) in [5.41, 5.74) is -2.21. The fourth-order valence-electron chi connectivity index (χ4n) is 12.9. The molecule has 2 amide bonds. The molecule has 56 heavy (non-hydrogen) atoms. The summed E-state index contributed by atoms with van der Waals surface area (Å²) in [6.07, 6.45) is -1.37. The minimum Gasteiger partial charge on any atom is -0.497 e. The fourth-order valence-corrected chi connectivity index (χ4v) is 12.9. The number of carbonyl (C=O) groups is 2. The third-order valence-electron chi connectivity index (χ3n) is 14.2. The third-order valence-corrected chi connectivity index (χ3v) is 14.2. The Balaban J connectivity index is 1.28. The first-order valence-corrected chi connectivity index (χ1v) is 19.0. The molecular weight excluding hydrogens is 716 g/mol. The van der Waals surface area contributed by atoms with Crippen molar-refractivity contribution in [2.75, 3.05) is 40.6 Å². The SMILES string of the molecule is COc1ccc(C2C3(CO)C4N(C(=O)OCc5ccccc5)C5C2(CO)C2N(C(=O)OCc6ccccc6)C3C4(CO)C(c3ccc(OC)cc3)C52CO)cc1. The normalized spacial score (nSPS) is 34.0. The number of nitrogens with zero attached hydrogens (tertiary/aromatic N) is 2. The minimum atomic E-state index is -1.32. The topological polar surface area (TPSA) is 158 Å². The van der Waals surface area contributed by atoms with Crippen LogP contribution in [0.2, 0.25) is 0 Å². The van der Waals surface area contributed by atoms with Gasteiger partial charge in [-0.1, -0.05) is 84.9 Å². The van der Waals surface area contributed by atoms with E-state index in [1.165, 1.54) is 0 Å². The molecule has 4 aromatic carbocycles. The van der Waals surface area contributed by atoms with Crippen LogP contribution in [0.25, 0.3) is 0 Å². The van der Waals surface area contributed by atoms with Gasteiger partial charge in [-0.15, -0.1) is 0 Å². The van der Waals surface area contributed by atoms with Crippen LogP contribution in [-0.4, -0.2) is 107 Å². The van der Waals surface area contributed by atoms with Gasteiger partial charge in [0.1, 0.15) is 24.7 Å².